The Labute approximate surface area is 193 Å². The summed E-state index contributed by atoms with van der Waals surface area (Å²) in [6.07, 6.45) is 1.90. The molecule has 172 valence electrons. The van der Waals surface area contributed by atoms with Crippen LogP contribution in [0.1, 0.15) is 20.3 Å². The highest BCUT2D eigenvalue weighted by Crippen LogP contribution is 2.31. The molecule has 12 heteroatoms. The van der Waals surface area contributed by atoms with E-state index in [9.17, 15) is 17.2 Å². The van der Waals surface area contributed by atoms with Gasteiger partial charge in [-0.2, -0.15) is 8.78 Å². The highest BCUT2D eigenvalue weighted by atomic mass is 127. The number of ether oxygens (including phenoxy) is 1. The summed E-state index contributed by atoms with van der Waals surface area (Å²) in [5.41, 5.74) is -0.0723. The van der Waals surface area contributed by atoms with Crippen molar-refractivity contribution in [2.45, 2.75) is 38.5 Å². The summed E-state index contributed by atoms with van der Waals surface area (Å²) in [6.45, 7) is 2.27. The molecule has 0 aliphatic carbocycles. The lowest BCUT2D eigenvalue weighted by atomic mass is 10.1. The molecule has 2 rings (SSSR count). The smallest absolute Gasteiger partial charge is 0.387 e. The summed E-state index contributed by atoms with van der Waals surface area (Å²) in [7, 11) is -1.70. The van der Waals surface area contributed by atoms with Crippen molar-refractivity contribution < 1.29 is 21.9 Å². The minimum absolute atomic E-state index is 0. The van der Waals surface area contributed by atoms with Gasteiger partial charge in [-0.3, -0.25) is 4.99 Å². The van der Waals surface area contributed by atoms with Crippen LogP contribution in [0.3, 0.4) is 0 Å². The zero-order valence-electron chi connectivity index (χ0n) is 17.5. The van der Waals surface area contributed by atoms with Crippen LogP contribution in [0.15, 0.2) is 29.3 Å². The molecule has 0 saturated carbocycles. The highest BCUT2D eigenvalue weighted by Gasteiger charge is 2.27. The molecular weight excluding hydrogens is 531 g/mol. The molecule has 0 spiro atoms. The van der Waals surface area contributed by atoms with E-state index in [0.29, 0.717) is 31.3 Å². The lowest BCUT2D eigenvalue weighted by Crippen LogP contribution is -2.54. The van der Waals surface area contributed by atoms with Crippen LogP contribution >= 0.6 is 24.0 Å². The molecule has 1 aromatic carbocycles. The number of anilines is 1. The number of aliphatic imine (C=N–C) groups is 1. The van der Waals surface area contributed by atoms with Gasteiger partial charge in [0.15, 0.2) is 5.96 Å². The van der Waals surface area contributed by atoms with Gasteiger partial charge in [0.25, 0.3) is 0 Å². The first-order chi connectivity index (χ1) is 13.5. The predicted molar refractivity (Wildman–Crippen MR) is 126 cm³/mol. The minimum atomic E-state index is -3.33. The van der Waals surface area contributed by atoms with Crippen molar-refractivity contribution in [2.24, 2.45) is 4.99 Å². The summed E-state index contributed by atoms with van der Waals surface area (Å²) >= 11 is 0. The largest absolute Gasteiger partial charge is 0.433 e. The van der Waals surface area contributed by atoms with E-state index in [4.69, 9.17) is 0 Å². The molecule has 1 unspecified atom stereocenters. The maximum atomic E-state index is 12.6. The van der Waals surface area contributed by atoms with E-state index in [1.54, 1.807) is 39.1 Å². The summed E-state index contributed by atoms with van der Waals surface area (Å²) in [4.78, 5) is 6.16. The molecule has 1 heterocycles. The Morgan fingerprint density at radius 3 is 2.63 bits per heavy atom. The van der Waals surface area contributed by atoms with Gasteiger partial charge in [-0.15, -0.1) is 24.0 Å². The predicted octanol–water partition coefficient (Wildman–Crippen LogP) is 1.98. The molecule has 0 bridgehead atoms. The quantitative estimate of drug-likeness (QED) is 0.256. The zero-order chi connectivity index (χ0) is 21.7. The van der Waals surface area contributed by atoms with E-state index in [1.165, 1.54) is 6.07 Å². The molecule has 1 atom stereocenters. The zero-order valence-corrected chi connectivity index (χ0v) is 20.6. The van der Waals surface area contributed by atoms with Gasteiger partial charge in [-0.1, -0.05) is 12.1 Å². The van der Waals surface area contributed by atoms with Crippen molar-refractivity contribution in [3.63, 3.8) is 0 Å². The SMILES string of the molecule is CN=C(NCC(C)(C)NS(C)(=O)=O)NC1CCN(c2ccccc2OC(F)F)C1.I. The molecule has 30 heavy (non-hydrogen) atoms. The number of alkyl halides is 2. The van der Waals surface area contributed by atoms with E-state index >= 15 is 0 Å². The lowest BCUT2D eigenvalue weighted by molar-refractivity contribution is -0.0495. The molecule has 0 aromatic heterocycles. The highest BCUT2D eigenvalue weighted by molar-refractivity contribution is 14.0. The number of halogens is 3. The third-order valence-corrected chi connectivity index (χ3v) is 5.26. The average Bonchev–Trinajstić information content (AvgIpc) is 3.05. The van der Waals surface area contributed by atoms with Crippen LogP contribution in [0.25, 0.3) is 0 Å². The first-order valence-electron chi connectivity index (χ1n) is 9.24. The summed E-state index contributed by atoms with van der Waals surface area (Å²) < 4.78 is 55.4. The first kappa shape index (κ1) is 26.6. The molecular formula is C18H30F2IN5O3S. The topological polar surface area (TPSA) is 95.1 Å². The van der Waals surface area contributed by atoms with Crippen LogP contribution in [0, 0.1) is 0 Å². The van der Waals surface area contributed by atoms with Gasteiger partial charge in [0.2, 0.25) is 10.0 Å². The van der Waals surface area contributed by atoms with Gasteiger partial charge in [-0.05, 0) is 32.4 Å². The van der Waals surface area contributed by atoms with Gasteiger partial charge < -0.3 is 20.3 Å². The lowest BCUT2D eigenvalue weighted by Gasteiger charge is -2.27. The van der Waals surface area contributed by atoms with Gasteiger partial charge >= 0.3 is 6.61 Å². The van der Waals surface area contributed by atoms with Gasteiger partial charge in [0.05, 0.1) is 11.9 Å². The van der Waals surface area contributed by atoms with Gasteiger partial charge in [0.1, 0.15) is 5.75 Å². The number of hydrogen-bond acceptors (Lipinski definition) is 5. The third kappa shape index (κ3) is 8.76. The van der Waals surface area contributed by atoms with Crippen molar-refractivity contribution in [1.29, 1.82) is 0 Å². The Kier molecular flexibility index (Phi) is 10.0. The Balaban J connectivity index is 0.00000450. The standard InChI is InChI=1S/C18H29F2N5O3S.HI/c1-18(2,24-29(4,26)27)12-22-17(21-3)23-13-9-10-25(11-13)14-7-5-6-8-15(14)28-16(19)20;/h5-8,13,16,24H,9-12H2,1-4H3,(H2,21,22,23);1H. The van der Waals surface area contributed by atoms with Crippen LogP contribution in [0.2, 0.25) is 0 Å². The van der Waals surface area contributed by atoms with E-state index in [2.05, 4.69) is 25.1 Å². The second kappa shape index (κ2) is 11.3. The van der Waals surface area contributed by atoms with Crippen LogP contribution in [-0.2, 0) is 10.0 Å². The molecule has 1 aliphatic heterocycles. The molecule has 3 N–H and O–H groups in total. The summed E-state index contributed by atoms with van der Waals surface area (Å²) in [5.74, 6) is 0.691. The molecule has 1 aromatic rings. The maximum absolute atomic E-state index is 12.6. The average molecular weight is 561 g/mol. The Hall–Kier alpha value is -1.41. The number of benzene rings is 1. The van der Waals surface area contributed by atoms with E-state index in [1.807, 2.05) is 4.90 Å². The molecule has 1 aliphatic rings. The van der Waals surface area contributed by atoms with Gasteiger partial charge in [-0.25, -0.2) is 13.1 Å². The van der Waals surface area contributed by atoms with Crippen LogP contribution in [0.4, 0.5) is 14.5 Å². The molecule has 1 fully saturated rings. The minimum Gasteiger partial charge on any atom is -0.433 e. The van der Waals surface area contributed by atoms with Crippen molar-refractivity contribution in [1.82, 2.24) is 15.4 Å². The number of hydrogen-bond donors (Lipinski definition) is 3. The second-order valence-corrected chi connectivity index (χ2v) is 9.35. The van der Waals surface area contributed by atoms with E-state index < -0.39 is 22.2 Å². The number of sulfonamides is 1. The Morgan fingerprint density at radius 1 is 1.37 bits per heavy atom. The third-order valence-electron chi connectivity index (χ3n) is 4.33. The number of para-hydroxylation sites is 2. The first-order valence-corrected chi connectivity index (χ1v) is 11.1. The monoisotopic (exact) mass is 561 g/mol. The van der Waals surface area contributed by atoms with Crippen molar-refractivity contribution >= 4 is 45.6 Å². The summed E-state index contributed by atoms with van der Waals surface area (Å²) in [6, 6.07) is 6.77. The fraction of sp³-hybridized carbons (Fsp3) is 0.611. The van der Waals surface area contributed by atoms with Crippen molar-refractivity contribution in [3.8, 4) is 5.75 Å². The molecule has 8 nitrogen and oxygen atoms in total. The molecule has 1 saturated heterocycles. The van der Waals surface area contributed by atoms with E-state index in [0.717, 1.165) is 12.7 Å². The summed E-state index contributed by atoms with van der Waals surface area (Å²) in [5, 5.41) is 6.41. The van der Waals surface area contributed by atoms with Crippen LogP contribution < -0.4 is 25.0 Å². The number of rotatable bonds is 8. The Bertz CT molecular complexity index is 824. The van der Waals surface area contributed by atoms with Gasteiger partial charge in [0, 0.05) is 38.3 Å². The second-order valence-electron chi connectivity index (χ2n) is 7.61. The fourth-order valence-corrected chi connectivity index (χ4v) is 4.32. The molecule has 0 radical (unpaired) electrons. The normalized spacial score (nSPS) is 17.6. The van der Waals surface area contributed by atoms with Crippen LogP contribution in [-0.4, -0.2) is 65.5 Å². The van der Waals surface area contributed by atoms with E-state index in [-0.39, 0.29) is 35.8 Å². The fourth-order valence-electron chi connectivity index (χ4n) is 3.24. The maximum Gasteiger partial charge on any atom is 0.387 e. The number of nitrogens with one attached hydrogen (secondary N) is 3. The molecule has 0 amide bonds. The van der Waals surface area contributed by atoms with Crippen LogP contribution in [0.5, 0.6) is 5.75 Å². The number of guanidine groups is 1. The van der Waals surface area contributed by atoms with Crippen molar-refractivity contribution in [3.05, 3.63) is 24.3 Å². The Morgan fingerprint density at radius 2 is 2.03 bits per heavy atom. The van der Waals surface area contributed by atoms with Crippen molar-refractivity contribution in [2.75, 3.05) is 37.8 Å². The number of nitrogens with zero attached hydrogens (tertiary/aromatic N) is 2.